The van der Waals surface area contributed by atoms with Crippen molar-refractivity contribution in [1.29, 1.82) is 0 Å². The number of hydrogen-bond donors (Lipinski definition) is 0. The standard InChI is InChI=1S/C34H22N6/c1-3-27(19-35-15-1)23-5-9-25(10-6-23)33-29-13-17-37-21-31(29)40-34(30-14-18-38-22-32(30)39-33)26-11-7-24(8-12-26)28-4-2-16-36-20-28/h1-22H. The van der Waals surface area contributed by atoms with Gasteiger partial charge in [-0.2, -0.15) is 0 Å². The second-order valence-corrected chi connectivity index (χ2v) is 9.34. The molecule has 5 heterocycles. The molecular weight excluding hydrogens is 492 g/mol. The van der Waals surface area contributed by atoms with Gasteiger partial charge in [-0.25, -0.2) is 9.98 Å². The zero-order chi connectivity index (χ0) is 26.7. The summed E-state index contributed by atoms with van der Waals surface area (Å²) >= 11 is 0. The van der Waals surface area contributed by atoms with Gasteiger partial charge in [-0.1, -0.05) is 60.7 Å². The van der Waals surface area contributed by atoms with Gasteiger partial charge in [0.1, 0.15) is 0 Å². The maximum absolute atomic E-state index is 5.18. The van der Waals surface area contributed by atoms with Gasteiger partial charge in [0, 0.05) is 59.4 Å². The Hall–Kier alpha value is -5.62. The van der Waals surface area contributed by atoms with Crippen LogP contribution in [0.1, 0.15) is 22.3 Å². The molecule has 40 heavy (non-hydrogen) atoms. The van der Waals surface area contributed by atoms with E-state index in [1.165, 1.54) is 0 Å². The Morgan fingerprint density at radius 3 is 1.12 bits per heavy atom. The molecule has 6 heteroatoms. The van der Waals surface area contributed by atoms with E-state index in [2.05, 4.69) is 80.6 Å². The number of aliphatic imine (C=N–C) groups is 2. The van der Waals surface area contributed by atoms with Gasteiger partial charge < -0.3 is 0 Å². The van der Waals surface area contributed by atoms with Gasteiger partial charge in [0.15, 0.2) is 0 Å². The molecule has 0 saturated heterocycles. The largest absolute Gasteiger partial charge is 0.264 e. The van der Waals surface area contributed by atoms with E-state index in [1.807, 2.05) is 36.7 Å². The van der Waals surface area contributed by atoms with Crippen molar-refractivity contribution < 1.29 is 0 Å². The number of rotatable bonds is 4. The van der Waals surface area contributed by atoms with E-state index in [1.54, 1.807) is 37.2 Å². The van der Waals surface area contributed by atoms with Crippen molar-refractivity contribution in [2.45, 2.75) is 0 Å². The summed E-state index contributed by atoms with van der Waals surface area (Å²) in [5.41, 5.74) is 11.2. The minimum Gasteiger partial charge on any atom is -0.264 e. The second-order valence-electron chi connectivity index (χ2n) is 9.34. The minimum atomic E-state index is 0.756. The summed E-state index contributed by atoms with van der Waals surface area (Å²) in [6.07, 6.45) is 14.4. The predicted molar refractivity (Wildman–Crippen MR) is 158 cm³/mol. The Labute approximate surface area is 231 Å². The van der Waals surface area contributed by atoms with Crippen LogP contribution >= 0.6 is 0 Å². The smallest absolute Gasteiger partial charge is 0.0914 e. The Bertz CT molecular complexity index is 1720. The molecule has 188 valence electrons. The Morgan fingerprint density at radius 1 is 0.325 bits per heavy atom. The van der Waals surface area contributed by atoms with E-state index in [4.69, 9.17) is 9.98 Å². The lowest BCUT2D eigenvalue weighted by atomic mass is 9.95. The van der Waals surface area contributed by atoms with Crippen LogP contribution in [-0.2, 0) is 0 Å². The van der Waals surface area contributed by atoms with Crippen molar-refractivity contribution in [2.24, 2.45) is 9.98 Å². The highest BCUT2D eigenvalue weighted by molar-refractivity contribution is 6.22. The predicted octanol–water partition coefficient (Wildman–Crippen LogP) is 7.25. The van der Waals surface area contributed by atoms with E-state index in [9.17, 15) is 0 Å². The molecule has 0 spiro atoms. The van der Waals surface area contributed by atoms with Gasteiger partial charge in [0.05, 0.1) is 35.2 Å². The van der Waals surface area contributed by atoms with E-state index in [0.717, 1.165) is 67.3 Å². The molecule has 2 aromatic carbocycles. The summed E-state index contributed by atoms with van der Waals surface area (Å²) in [5.74, 6) is 0. The fraction of sp³-hybridized carbons (Fsp3) is 0. The molecular formula is C34H22N6. The average molecular weight is 515 g/mol. The number of nitrogens with zero attached hydrogens (tertiary/aromatic N) is 6. The zero-order valence-corrected chi connectivity index (χ0v) is 21.4. The third-order valence-electron chi connectivity index (χ3n) is 6.88. The maximum atomic E-state index is 5.18. The Balaban J connectivity index is 1.34. The highest BCUT2D eigenvalue weighted by atomic mass is 14.9. The summed E-state index contributed by atoms with van der Waals surface area (Å²) in [4.78, 5) is 27.7. The van der Waals surface area contributed by atoms with Crippen LogP contribution in [0.15, 0.2) is 144 Å². The maximum Gasteiger partial charge on any atom is 0.0914 e. The summed E-state index contributed by atoms with van der Waals surface area (Å²) < 4.78 is 0. The molecule has 1 aliphatic heterocycles. The fourth-order valence-electron chi connectivity index (χ4n) is 4.86. The van der Waals surface area contributed by atoms with Crippen molar-refractivity contribution in [3.63, 3.8) is 0 Å². The van der Waals surface area contributed by atoms with Crippen LogP contribution in [-0.4, -0.2) is 31.4 Å². The van der Waals surface area contributed by atoms with E-state index in [0.29, 0.717) is 0 Å². The molecule has 0 unspecified atom stereocenters. The van der Waals surface area contributed by atoms with Crippen molar-refractivity contribution in [2.75, 3.05) is 0 Å². The van der Waals surface area contributed by atoms with Gasteiger partial charge in [-0.05, 0) is 46.5 Å². The summed E-state index contributed by atoms with van der Waals surface area (Å²) in [5, 5.41) is 0. The van der Waals surface area contributed by atoms with Crippen LogP contribution in [0.5, 0.6) is 0 Å². The van der Waals surface area contributed by atoms with Gasteiger partial charge in [-0.3, -0.25) is 19.9 Å². The molecule has 0 bridgehead atoms. The van der Waals surface area contributed by atoms with Gasteiger partial charge in [0.25, 0.3) is 0 Å². The molecule has 0 fully saturated rings. The van der Waals surface area contributed by atoms with Gasteiger partial charge in [-0.15, -0.1) is 0 Å². The van der Waals surface area contributed by atoms with E-state index in [-0.39, 0.29) is 0 Å². The highest BCUT2D eigenvalue weighted by Crippen LogP contribution is 2.33. The number of benzene rings is 2. The van der Waals surface area contributed by atoms with Crippen molar-refractivity contribution in [3.05, 3.63) is 157 Å². The molecule has 0 amide bonds. The second kappa shape index (κ2) is 10.3. The normalized spacial score (nSPS) is 12.3. The first-order chi connectivity index (χ1) is 19.8. The van der Waals surface area contributed by atoms with Crippen molar-refractivity contribution >= 4 is 22.8 Å². The van der Waals surface area contributed by atoms with Gasteiger partial charge >= 0.3 is 0 Å². The number of aromatic nitrogens is 4. The topological polar surface area (TPSA) is 76.3 Å². The molecule has 0 atom stereocenters. The SMILES string of the molecule is c1cncc(-c2ccc(C3=Nc4cnccc4C(c4ccc(-c5cccnc5)cc4)=Nc4cnccc43)cc2)c1. The Kier molecular flexibility index (Phi) is 6.03. The van der Waals surface area contributed by atoms with E-state index < -0.39 is 0 Å². The molecule has 0 aliphatic carbocycles. The molecule has 0 N–H and O–H groups in total. The third-order valence-corrected chi connectivity index (χ3v) is 6.88. The third kappa shape index (κ3) is 4.48. The highest BCUT2D eigenvalue weighted by Gasteiger charge is 2.20. The van der Waals surface area contributed by atoms with Crippen LogP contribution in [0.4, 0.5) is 11.4 Å². The van der Waals surface area contributed by atoms with Gasteiger partial charge in [0.2, 0.25) is 0 Å². The molecule has 4 aromatic heterocycles. The van der Waals surface area contributed by atoms with E-state index >= 15 is 0 Å². The fourth-order valence-corrected chi connectivity index (χ4v) is 4.86. The lowest BCUT2D eigenvalue weighted by Crippen LogP contribution is -2.10. The van der Waals surface area contributed by atoms with Crippen molar-refractivity contribution in [3.8, 4) is 22.3 Å². The summed E-state index contributed by atoms with van der Waals surface area (Å²) in [7, 11) is 0. The van der Waals surface area contributed by atoms with Crippen LogP contribution in [0.3, 0.4) is 0 Å². The molecule has 6 nitrogen and oxygen atoms in total. The molecule has 0 radical (unpaired) electrons. The molecule has 1 aliphatic rings. The van der Waals surface area contributed by atoms with Crippen LogP contribution in [0.25, 0.3) is 22.3 Å². The number of hydrogen-bond acceptors (Lipinski definition) is 6. The first-order valence-corrected chi connectivity index (χ1v) is 12.9. The quantitative estimate of drug-likeness (QED) is 0.248. The number of fused-ring (bicyclic) bond motifs is 2. The molecule has 0 saturated carbocycles. The molecule has 6 aromatic rings. The lowest BCUT2D eigenvalue weighted by Gasteiger charge is -2.17. The van der Waals surface area contributed by atoms with Crippen LogP contribution < -0.4 is 0 Å². The summed E-state index contributed by atoms with van der Waals surface area (Å²) in [6.45, 7) is 0. The number of pyridine rings is 4. The average Bonchev–Trinajstić information content (AvgIpc) is 3.03. The zero-order valence-electron chi connectivity index (χ0n) is 21.4. The molecule has 7 rings (SSSR count). The minimum absolute atomic E-state index is 0.756. The van der Waals surface area contributed by atoms with Crippen LogP contribution in [0, 0.1) is 0 Å². The first kappa shape index (κ1) is 23.5. The summed E-state index contributed by atoms with van der Waals surface area (Å²) in [6, 6.07) is 28.7. The lowest BCUT2D eigenvalue weighted by molar-refractivity contribution is 1.26. The van der Waals surface area contributed by atoms with Crippen LogP contribution in [0.2, 0.25) is 0 Å². The Morgan fingerprint density at radius 2 is 0.725 bits per heavy atom. The first-order valence-electron chi connectivity index (χ1n) is 12.9. The monoisotopic (exact) mass is 514 g/mol. The van der Waals surface area contributed by atoms with Crippen molar-refractivity contribution in [1.82, 2.24) is 19.9 Å².